The highest BCUT2D eigenvalue weighted by atomic mass is 32.2. The van der Waals surface area contributed by atoms with E-state index in [1.54, 1.807) is 7.11 Å². The topological polar surface area (TPSA) is 69.0 Å². The van der Waals surface area contributed by atoms with Gasteiger partial charge < -0.3 is 10.1 Å². The van der Waals surface area contributed by atoms with Gasteiger partial charge in [0, 0.05) is 17.8 Å². The van der Waals surface area contributed by atoms with E-state index < -0.39 is 0 Å². The second-order valence-corrected chi connectivity index (χ2v) is 8.20. The highest BCUT2D eigenvalue weighted by Crippen LogP contribution is 2.29. The van der Waals surface area contributed by atoms with Crippen LogP contribution in [0.25, 0.3) is 17.1 Å². The summed E-state index contributed by atoms with van der Waals surface area (Å²) in [7, 11) is 1.64. The van der Waals surface area contributed by atoms with Gasteiger partial charge in [-0.15, -0.1) is 10.2 Å². The Hall–Kier alpha value is -3.58. The smallest absolute Gasteiger partial charge is 0.230 e. The number of hydrogen-bond acceptors (Lipinski definition) is 5. The molecule has 4 rings (SSSR count). The number of rotatable bonds is 8. The van der Waals surface area contributed by atoms with Gasteiger partial charge in [-0.3, -0.25) is 9.36 Å². The largest absolute Gasteiger partial charge is 0.497 e. The molecule has 0 saturated heterocycles. The predicted octanol–water partition coefficient (Wildman–Crippen LogP) is 4.66. The van der Waals surface area contributed by atoms with Crippen LogP contribution in [0.2, 0.25) is 0 Å². The number of carbonyl (C=O) groups excluding carboxylic acids is 1. The molecule has 0 fully saturated rings. The summed E-state index contributed by atoms with van der Waals surface area (Å²) >= 11 is 1.36. The van der Waals surface area contributed by atoms with Gasteiger partial charge in [-0.25, -0.2) is 0 Å². The van der Waals surface area contributed by atoms with Crippen LogP contribution in [0.5, 0.6) is 5.75 Å². The van der Waals surface area contributed by atoms with Gasteiger partial charge in [-0.1, -0.05) is 71.9 Å². The summed E-state index contributed by atoms with van der Waals surface area (Å²) < 4.78 is 7.26. The van der Waals surface area contributed by atoms with E-state index in [1.165, 1.54) is 17.3 Å². The van der Waals surface area contributed by atoms with Crippen LogP contribution >= 0.6 is 11.8 Å². The number of carbonyl (C=O) groups is 1. The third kappa shape index (κ3) is 5.18. The second-order valence-electron chi connectivity index (χ2n) is 7.26. The molecular formula is C25H24N4O2S. The zero-order valence-electron chi connectivity index (χ0n) is 18.0. The summed E-state index contributed by atoms with van der Waals surface area (Å²) in [5, 5.41) is 12.4. The molecule has 0 saturated carbocycles. The number of nitrogens with zero attached hydrogens (tertiary/aromatic N) is 3. The fourth-order valence-electron chi connectivity index (χ4n) is 3.19. The third-order valence-corrected chi connectivity index (χ3v) is 5.87. The molecular weight excluding hydrogens is 420 g/mol. The molecule has 3 aromatic carbocycles. The standard InChI is InChI=1S/C25H24N4O2S/c1-18-8-10-20(11-9-18)24-27-28-25(29(24)21-12-14-22(31-2)15-13-21)32-17-23(30)26-16-19-6-4-3-5-7-19/h3-15H,16-17H2,1-2H3,(H,26,30). The van der Waals surface area contributed by atoms with Gasteiger partial charge in [0.1, 0.15) is 5.75 Å². The number of methoxy groups -OCH3 is 1. The molecule has 0 atom stereocenters. The average Bonchev–Trinajstić information content (AvgIpc) is 3.26. The van der Waals surface area contributed by atoms with Gasteiger partial charge in [0.2, 0.25) is 5.91 Å². The van der Waals surface area contributed by atoms with Crippen LogP contribution in [0.4, 0.5) is 0 Å². The highest BCUT2D eigenvalue weighted by molar-refractivity contribution is 7.99. The van der Waals surface area contributed by atoms with E-state index in [-0.39, 0.29) is 11.7 Å². The maximum absolute atomic E-state index is 12.4. The summed E-state index contributed by atoms with van der Waals surface area (Å²) in [5.41, 5.74) is 4.10. The lowest BCUT2D eigenvalue weighted by atomic mass is 10.1. The van der Waals surface area contributed by atoms with Gasteiger partial charge in [0.15, 0.2) is 11.0 Å². The molecule has 0 aliphatic heterocycles. The molecule has 1 heterocycles. The minimum Gasteiger partial charge on any atom is -0.497 e. The summed E-state index contributed by atoms with van der Waals surface area (Å²) in [6, 6.07) is 25.7. The predicted molar refractivity (Wildman–Crippen MR) is 127 cm³/mol. The molecule has 0 bridgehead atoms. The lowest BCUT2D eigenvalue weighted by Crippen LogP contribution is -2.24. The van der Waals surface area contributed by atoms with Crippen LogP contribution in [0, 0.1) is 6.92 Å². The molecule has 4 aromatic rings. The number of benzene rings is 3. The van der Waals surface area contributed by atoms with E-state index in [2.05, 4.69) is 15.5 Å². The van der Waals surface area contributed by atoms with Gasteiger partial charge in [-0.05, 0) is 36.8 Å². The van der Waals surface area contributed by atoms with Crippen molar-refractivity contribution in [2.24, 2.45) is 0 Å². The number of nitrogens with one attached hydrogen (secondary N) is 1. The molecule has 32 heavy (non-hydrogen) atoms. The molecule has 0 radical (unpaired) electrons. The molecule has 0 unspecified atom stereocenters. The Morgan fingerprint density at radius 1 is 0.969 bits per heavy atom. The number of hydrogen-bond donors (Lipinski definition) is 1. The first-order valence-electron chi connectivity index (χ1n) is 10.2. The Morgan fingerprint density at radius 2 is 1.69 bits per heavy atom. The van der Waals surface area contributed by atoms with Crippen LogP contribution in [-0.4, -0.2) is 33.5 Å². The highest BCUT2D eigenvalue weighted by Gasteiger charge is 2.17. The van der Waals surface area contributed by atoms with Crippen molar-refractivity contribution >= 4 is 17.7 Å². The number of ether oxygens (including phenoxy) is 1. The molecule has 1 amide bonds. The fourth-order valence-corrected chi connectivity index (χ4v) is 3.98. The van der Waals surface area contributed by atoms with Gasteiger partial charge in [0.05, 0.1) is 12.9 Å². The van der Waals surface area contributed by atoms with Crippen LogP contribution in [0.15, 0.2) is 84.0 Å². The first-order valence-corrected chi connectivity index (χ1v) is 11.2. The van der Waals surface area contributed by atoms with E-state index in [9.17, 15) is 4.79 Å². The van der Waals surface area contributed by atoms with Crippen molar-refractivity contribution in [3.05, 3.63) is 90.0 Å². The number of thioether (sulfide) groups is 1. The second kappa shape index (κ2) is 10.2. The Balaban J connectivity index is 1.55. The lowest BCUT2D eigenvalue weighted by molar-refractivity contribution is -0.118. The van der Waals surface area contributed by atoms with E-state index in [1.807, 2.05) is 90.4 Å². The Bertz CT molecular complexity index is 1170. The summed E-state index contributed by atoms with van der Waals surface area (Å²) in [5.74, 6) is 1.69. The number of amides is 1. The molecule has 0 aliphatic rings. The van der Waals surface area contributed by atoms with Gasteiger partial charge in [0.25, 0.3) is 0 Å². The van der Waals surface area contributed by atoms with Crippen LogP contribution in [-0.2, 0) is 11.3 Å². The normalized spacial score (nSPS) is 10.7. The van der Waals surface area contributed by atoms with Crippen LogP contribution in [0.3, 0.4) is 0 Å². The molecule has 162 valence electrons. The van der Waals surface area contributed by atoms with Gasteiger partial charge >= 0.3 is 0 Å². The summed E-state index contributed by atoms with van der Waals surface area (Å²) in [6.45, 7) is 2.55. The van der Waals surface area contributed by atoms with Crippen LogP contribution < -0.4 is 10.1 Å². The summed E-state index contributed by atoms with van der Waals surface area (Å²) in [6.07, 6.45) is 0. The molecule has 1 aromatic heterocycles. The van der Waals surface area contributed by atoms with Crippen molar-refractivity contribution in [3.63, 3.8) is 0 Å². The summed E-state index contributed by atoms with van der Waals surface area (Å²) in [4.78, 5) is 12.4. The van der Waals surface area contributed by atoms with E-state index in [4.69, 9.17) is 4.74 Å². The first-order chi connectivity index (χ1) is 15.6. The maximum Gasteiger partial charge on any atom is 0.230 e. The fraction of sp³-hybridized carbons (Fsp3) is 0.160. The van der Waals surface area contributed by atoms with E-state index in [0.29, 0.717) is 11.7 Å². The van der Waals surface area contributed by atoms with Crippen molar-refractivity contribution < 1.29 is 9.53 Å². The van der Waals surface area contributed by atoms with Crippen molar-refractivity contribution in [1.29, 1.82) is 0 Å². The lowest BCUT2D eigenvalue weighted by Gasteiger charge is -2.11. The zero-order chi connectivity index (χ0) is 22.3. The molecule has 0 aliphatic carbocycles. The molecule has 6 nitrogen and oxygen atoms in total. The Morgan fingerprint density at radius 3 is 2.38 bits per heavy atom. The zero-order valence-corrected chi connectivity index (χ0v) is 18.8. The third-order valence-electron chi connectivity index (χ3n) is 4.94. The van der Waals surface area contributed by atoms with Crippen molar-refractivity contribution in [3.8, 4) is 22.8 Å². The Kier molecular flexibility index (Phi) is 6.87. The monoisotopic (exact) mass is 444 g/mol. The average molecular weight is 445 g/mol. The van der Waals surface area contributed by atoms with Gasteiger partial charge in [-0.2, -0.15) is 0 Å². The van der Waals surface area contributed by atoms with Crippen molar-refractivity contribution in [2.45, 2.75) is 18.6 Å². The Labute approximate surface area is 191 Å². The minimum atomic E-state index is -0.0555. The van der Waals surface area contributed by atoms with E-state index in [0.717, 1.165) is 28.4 Å². The van der Waals surface area contributed by atoms with E-state index >= 15 is 0 Å². The SMILES string of the molecule is COc1ccc(-n2c(SCC(=O)NCc3ccccc3)nnc2-c2ccc(C)cc2)cc1. The van der Waals surface area contributed by atoms with Crippen LogP contribution in [0.1, 0.15) is 11.1 Å². The molecule has 7 heteroatoms. The van der Waals surface area contributed by atoms with Crippen molar-refractivity contribution in [1.82, 2.24) is 20.1 Å². The minimum absolute atomic E-state index is 0.0555. The maximum atomic E-state index is 12.4. The first kappa shape index (κ1) is 21.6. The number of aryl methyl sites for hydroxylation is 1. The molecule has 1 N–H and O–H groups in total. The number of aromatic nitrogens is 3. The quantitative estimate of drug-likeness (QED) is 0.400. The molecule has 0 spiro atoms. The van der Waals surface area contributed by atoms with Crippen molar-refractivity contribution in [2.75, 3.05) is 12.9 Å².